The number of nitrogens with one attached hydrogen (secondary N) is 1. The highest BCUT2D eigenvalue weighted by Gasteiger charge is 2.58. The Morgan fingerprint density at radius 1 is 1.13 bits per heavy atom. The molecule has 2 aliphatic rings. The molecule has 0 spiro atoms. The summed E-state index contributed by atoms with van der Waals surface area (Å²) in [6, 6.07) is 9.89. The third-order valence-corrected chi connectivity index (χ3v) is 5.16. The Morgan fingerprint density at radius 3 is 2.35 bits per heavy atom. The molecule has 0 aromatic heterocycles. The van der Waals surface area contributed by atoms with E-state index in [1.165, 1.54) is 19.3 Å². The number of rotatable bonds is 5. The van der Waals surface area contributed by atoms with Crippen LogP contribution in [0.2, 0.25) is 0 Å². The number of hydrogen-bond acceptors (Lipinski definition) is 2. The molecule has 1 N–H and O–H groups in total. The summed E-state index contributed by atoms with van der Waals surface area (Å²) in [7, 11) is 0. The Balaban J connectivity index is 1.71. The van der Waals surface area contributed by atoms with Gasteiger partial charge in [0.1, 0.15) is 5.41 Å². The Morgan fingerprint density at radius 2 is 1.78 bits per heavy atom. The molecule has 0 bridgehead atoms. The van der Waals surface area contributed by atoms with Crippen LogP contribution in [0, 0.1) is 5.41 Å². The molecule has 2 aliphatic carbocycles. The van der Waals surface area contributed by atoms with Crippen molar-refractivity contribution in [2.75, 3.05) is 11.4 Å². The number of nitrogens with zero attached hydrogens (tertiary/aromatic N) is 1. The van der Waals surface area contributed by atoms with Crippen molar-refractivity contribution < 1.29 is 9.59 Å². The molecule has 1 aromatic carbocycles. The average molecular weight is 314 g/mol. The Labute approximate surface area is 138 Å². The fraction of sp³-hybridized carbons (Fsp3) is 0.579. The molecule has 0 unspecified atom stereocenters. The number of anilines is 1. The van der Waals surface area contributed by atoms with Gasteiger partial charge >= 0.3 is 0 Å². The van der Waals surface area contributed by atoms with E-state index >= 15 is 0 Å². The van der Waals surface area contributed by atoms with E-state index in [1.807, 2.05) is 37.3 Å². The normalized spacial score (nSPS) is 19.9. The smallest absolute Gasteiger partial charge is 0.242 e. The van der Waals surface area contributed by atoms with E-state index in [-0.39, 0.29) is 17.9 Å². The van der Waals surface area contributed by atoms with Gasteiger partial charge in [-0.25, -0.2) is 0 Å². The molecule has 2 fully saturated rings. The second-order valence-electron chi connectivity index (χ2n) is 6.78. The summed E-state index contributed by atoms with van der Waals surface area (Å²) in [5.41, 5.74) is 0.0558. The third kappa shape index (κ3) is 3.26. The summed E-state index contributed by atoms with van der Waals surface area (Å²) in [5, 5.41) is 3.15. The summed E-state index contributed by atoms with van der Waals surface area (Å²) in [4.78, 5) is 27.5. The van der Waals surface area contributed by atoms with Crippen molar-refractivity contribution in [2.24, 2.45) is 5.41 Å². The van der Waals surface area contributed by atoms with E-state index in [4.69, 9.17) is 0 Å². The molecule has 124 valence electrons. The van der Waals surface area contributed by atoms with E-state index in [1.54, 1.807) is 4.90 Å². The predicted octanol–water partition coefficient (Wildman–Crippen LogP) is 3.27. The van der Waals surface area contributed by atoms with Gasteiger partial charge in [-0.15, -0.1) is 0 Å². The summed E-state index contributed by atoms with van der Waals surface area (Å²) in [6.45, 7) is 2.54. The lowest BCUT2D eigenvalue weighted by molar-refractivity contribution is -0.136. The summed E-state index contributed by atoms with van der Waals surface area (Å²) < 4.78 is 0. The molecule has 0 heterocycles. The molecule has 3 rings (SSSR count). The van der Waals surface area contributed by atoms with Crippen LogP contribution in [0.5, 0.6) is 0 Å². The quantitative estimate of drug-likeness (QED) is 0.848. The lowest BCUT2D eigenvalue weighted by Crippen LogP contribution is -2.48. The number of hydrogen-bond donors (Lipinski definition) is 1. The highest BCUT2D eigenvalue weighted by Crippen LogP contribution is 2.48. The minimum atomic E-state index is -0.816. The maximum Gasteiger partial charge on any atom is 0.242 e. The number of benzene rings is 1. The van der Waals surface area contributed by atoms with Crippen molar-refractivity contribution in [3.8, 4) is 0 Å². The van der Waals surface area contributed by atoms with Gasteiger partial charge in [0, 0.05) is 18.3 Å². The molecule has 2 saturated carbocycles. The zero-order valence-corrected chi connectivity index (χ0v) is 13.9. The number of carbonyl (C=O) groups is 2. The van der Waals surface area contributed by atoms with E-state index in [0.29, 0.717) is 19.4 Å². The van der Waals surface area contributed by atoms with Gasteiger partial charge in [0.15, 0.2) is 0 Å². The van der Waals surface area contributed by atoms with Crippen LogP contribution in [-0.4, -0.2) is 24.4 Å². The molecular formula is C19H26N2O2. The molecule has 0 aliphatic heterocycles. The monoisotopic (exact) mass is 314 g/mol. The molecule has 0 saturated heterocycles. The SMILES string of the molecule is CCN(C(=O)C1(C(=O)NC2CCCCC2)CC1)c1ccccc1. The minimum Gasteiger partial charge on any atom is -0.352 e. The van der Waals surface area contributed by atoms with E-state index < -0.39 is 5.41 Å². The second-order valence-corrected chi connectivity index (χ2v) is 6.78. The fourth-order valence-electron chi connectivity index (χ4n) is 3.54. The first-order valence-corrected chi connectivity index (χ1v) is 8.85. The summed E-state index contributed by atoms with van der Waals surface area (Å²) in [5.74, 6) is -0.0942. The maximum absolute atomic E-state index is 13.0. The lowest BCUT2D eigenvalue weighted by Gasteiger charge is -2.28. The van der Waals surface area contributed by atoms with Gasteiger partial charge in [-0.2, -0.15) is 0 Å². The Kier molecular flexibility index (Phi) is 4.69. The number of para-hydroxylation sites is 1. The van der Waals surface area contributed by atoms with Crippen LogP contribution in [-0.2, 0) is 9.59 Å². The van der Waals surface area contributed by atoms with Crippen molar-refractivity contribution >= 4 is 17.5 Å². The van der Waals surface area contributed by atoms with E-state index in [0.717, 1.165) is 18.5 Å². The van der Waals surface area contributed by atoms with Crippen LogP contribution in [0.25, 0.3) is 0 Å². The molecule has 2 amide bonds. The zero-order valence-electron chi connectivity index (χ0n) is 13.9. The third-order valence-electron chi connectivity index (χ3n) is 5.16. The first-order chi connectivity index (χ1) is 11.2. The van der Waals surface area contributed by atoms with Gasteiger partial charge in [-0.05, 0) is 44.7 Å². The highest BCUT2D eigenvalue weighted by atomic mass is 16.2. The summed E-state index contributed by atoms with van der Waals surface area (Å²) in [6.07, 6.45) is 7.06. The molecule has 1 aromatic rings. The number of amides is 2. The first kappa shape index (κ1) is 16.0. The van der Waals surface area contributed by atoms with Gasteiger partial charge in [-0.3, -0.25) is 9.59 Å². The van der Waals surface area contributed by atoms with Crippen molar-refractivity contribution in [3.63, 3.8) is 0 Å². The van der Waals surface area contributed by atoms with E-state index in [2.05, 4.69) is 5.32 Å². The minimum absolute atomic E-state index is 0.0421. The molecule has 4 heteroatoms. The standard InChI is InChI=1S/C19H26N2O2/c1-2-21(16-11-7-4-8-12-16)18(23)19(13-14-19)17(22)20-15-9-5-3-6-10-15/h4,7-8,11-12,15H,2-3,5-6,9-10,13-14H2,1H3,(H,20,22). The molecule has 23 heavy (non-hydrogen) atoms. The molecule has 4 nitrogen and oxygen atoms in total. The van der Waals surface area contributed by atoms with Crippen LogP contribution < -0.4 is 10.2 Å². The predicted molar refractivity (Wildman–Crippen MR) is 91.2 cm³/mol. The van der Waals surface area contributed by atoms with Crippen molar-refractivity contribution in [1.82, 2.24) is 5.32 Å². The molecule has 0 atom stereocenters. The average Bonchev–Trinajstić information content (AvgIpc) is 3.39. The van der Waals surface area contributed by atoms with Crippen molar-refractivity contribution in [1.29, 1.82) is 0 Å². The van der Waals surface area contributed by atoms with Crippen LogP contribution in [0.4, 0.5) is 5.69 Å². The fourth-order valence-corrected chi connectivity index (χ4v) is 3.54. The second kappa shape index (κ2) is 6.73. The zero-order chi connectivity index (χ0) is 16.3. The first-order valence-electron chi connectivity index (χ1n) is 8.85. The molecular weight excluding hydrogens is 288 g/mol. The Hall–Kier alpha value is -1.84. The van der Waals surface area contributed by atoms with Crippen LogP contribution >= 0.6 is 0 Å². The highest BCUT2D eigenvalue weighted by molar-refractivity contribution is 6.14. The van der Waals surface area contributed by atoms with Gasteiger partial charge < -0.3 is 10.2 Å². The molecule has 0 radical (unpaired) electrons. The lowest BCUT2D eigenvalue weighted by atomic mass is 9.94. The van der Waals surface area contributed by atoms with Crippen molar-refractivity contribution in [3.05, 3.63) is 30.3 Å². The largest absolute Gasteiger partial charge is 0.352 e. The maximum atomic E-state index is 13.0. The van der Waals surface area contributed by atoms with Gasteiger partial charge in [0.05, 0.1) is 0 Å². The van der Waals surface area contributed by atoms with Crippen molar-refractivity contribution in [2.45, 2.75) is 57.9 Å². The summed E-state index contributed by atoms with van der Waals surface area (Å²) >= 11 is 0. The van der Waals surface area contributed by atoms with Gasteiger partial charge in [0.25, 0.3) is 0 Å². The van der Waals surface area contributed by atoms with E-state index in [9.17, 15) is 9.59 Å². The van der Waals surface area contributed by atoms with Gasteiger partial charge in [-0.1, -0.05) is 37.5 Å². The van der Waals surface area contributed by atoms with Crippen LogP contribution in [0.1, 0.15) is 51.9 Å². The number of carbonyl (C=O) groups excluding carboxylic acids is 2. The topological polar surface area (TPSA) is 49.4 Å². The van der Waals surface area contributed by atoms with Crippen LogP contribution in [0.3, 0.4) is 0 Å². The van der Waals surface area contributed by atoms with Crippen LogP contribution in [0.15, 0.2) is 30.3 Å². The van der Waals surface area contributed by atoms with Gasteiger partial charge in [0.2, 0.25) is 11.8 Å². The Bertz CT molecular complexity index is 560.